The number of hydrogen-bond donors (Lipinski definition) is 0. The average Bonchev–Trinajstić information content (AvgIpc) is 3.39. The van der Waals surface area contributed by atoms with Gasteiger partial charge in [0.15, 0.2) is 0 Å². The zero-order valence-corrected chi connectivity index (χ0v) is 18.2. The van der Waals surface area contributed by atoms with Crippen LogP contribution >= 0.6 is 0 Å². The van der Waals surface area contributed by atoms with Gasteiger partial charge < -0.3 is 19.1 Å². The molecule has 29 heavy (non-hydrogen) atoms. The van der Waals surface area contributed by atoms with Gasteiger partial charge in [-0.05, 0) is 53.0 Å². The molecule has 7 nitrogen and oxygen atoms in total. The number of aryl methyl sites for hydroxylation is 2. The Morgan fingerprint density at radius 1 is 1.10 bits per heavy atom. The number of carbonyl (C=O) groups excluding carboxylic acids is 1. The topological polar surface area (TPSA) is 62.1 Å². The van der Waals surface area contributed by atoms with Gasteiger partial charge in [0.05, 0.1) is 5.69 Å². The largest absolute Gasteiger partial charge is 0.381 e. The third kappa shape index (κ3) is 5.01. The smallest absolute Gasteiger partial charge is 0.225 e. The van der Waals surface area contributed by atoms with E-state index < -0.39 is 0 Å². The molecule has 0 aromatic carbocycles. The molecule has 4 rings (SSSR count). The number of nitrogens with zero attached hydrogens (tertiary/aromatic N) is 4. The van der Waals surface area contributed by atoms with E-state index in [1.54, 1.807) is 0 Å². The monoisotopic (exact) mass is 404 g/mol. The van der Waals surface area contributed by atoms with E-state index >= 15 is 0 Å². The van der Waals surface area contributed by atoms with Crippen LogP contribution in [0.3, 0.4) is 0 Å². The van der Waals surface area contributed by atoms with Crippen LogP contribution in [0.4, 0.5) is 0 Å². The minimum absolute atomic E-state index is 0.325. The molecule has 1 atom stereocenters. The van der Waals surface area contributed by atoms with Crippen molar-refractivity contribution in [2.24, 2.45) is 5.92 Å². The molecule has 1 aromatic heterocycles. The average molecular weight is 405 g/mol. The van der Waals surface area contributed by atoms with Crippen LogP contribution in [-0.2, 0) is 16.1 Å². The van der Waals surface area contributed by atoms with Crippen molar-refractivity contribution < 1.29 is 14.1 Å². The number of ether oxygens (including phenoxy) is 1. The van der Waals surface area contributed by atoms with Crippen molar-refractivity contribution in [1.29, 1.82) is 0 Å². The highest BCUT2D eigenvalue weighted by atomic mass is 16.5. The van der Waals surface area contributed by atoms with Gasteiger partial charge in [-0.25, -0.2) is 0 Å². The maximum absolute atomic E-state index is 12.5. The molecule has 3 fully saturated rings. The number of aromatic nitrogens is 1. The summed E-state index contributed by atoms with van der Waals surface area (Å²) >= 11 is 0. The number of hydrogen-bond acceptors (Lipinski definition) is 6. The van der Waals surface area contributed by atoms with Gasteiger partial charge in [0.2, 0.25) is 5.91 Å². The van der Waals surface area contributed by atoms with Crippen molar-refractivity contribution in [1.82, 2.24) is 19.9 Å². The van der Waals surface area contributed by atoms with Crippen molar-refractivity contribution in [2.75, 3.05) is 46.4 Å². The number of rotatable bonds is 8. The molecule has 1 saturated carbocycles. The van der Waals surface area contributed by atoms with Gasteiger partial charge in [0.1, 0.15) is 5.76 Å². The number of carbonyl (C=O) groups is 1. The molecule has 0 radical (unpaired) electrons. The highest BCUT2D eigenvalue weighted by Gasteiger charge is 2.39. The molecule has 2 saturated heterocycles. The van der Waals surface area contributed by atoms with E-state index in [4.69, 9.17) is 9.26 Å². The third-order valence-corrected chi connectivity index (χ3v) is 6.88. The first-order valence-corrected chi connectivity index (χ1v) is 11.3. The van der Waals surface area contributed by atoms with Gasteiger partial charge in [-0.15, -0.1) is 0 Å². The van der Waals surface area contributed by atoms with Crippen molar-refractivity contribution in [3.63, 3.8) is 0 Å². The zero-order valence-electron chi connectivity index (χ0n) is 18.2. The summed E-state index contributed by atoms with van der Waals surface area (Å²) in [4.78, 5) is 19.7. The molecule has 0 N–H and O–H groups in total. The summed E-state index contributed by atoms with van der Waals surface area (Å²) < 4.78 is 10.9. The standard InChI is InChI=1S/C22H36N4O3/c1-16-21(17(2)29-23-16)15-24(3)10-11-26(19-7-12-28-13-8-19)20-6-9-25(14-20)22(27)18-4-5-18/h18-20H,4-15H2,1-3H3. The summed E-state index contributed by atoms with van der Waals surface area (Å²) in [5.74, 6) is 1.64. The Hall–Kier alpha value is -1.44. The van der Waals surface area contributed by atoms with E-state index in [9.17, 15) is 4.79 Å². The van der Waals surface area contributed by atoms with Crippen LogP contribution in [0, 0.1) is 19.8 Å². The van der Waals surface area contributed by atoms with Crippen LogP contribution in [0.2, 0.25) is 0 Å². The molecule has 162 valence electrons. The van der Waals surface area contributed by atoms with Crippen molar-refractivity contribution >= 4 is 5.91 Å². The lowest BCUT2D eigenvalue weighted by Crippen LogP contribution is -2.49. The van der Waals surface area contributed by atoms with Gasteiger partial charge in [-0.3, -0.25) is 9.69 Å². The molecule has 7 heteroatoms. The molecule has 1 unspecified atom stereocenters. The lowest BCUT2D eigenvalue weighted by Gasteiger charge is -2.39. The Balaban J connectivity index is 1.36. The third-order valence-electron chi connectivity index (χ3n) is 6.88. The Kier molecular flexibility index (Phi) is 6.56. The van der Waals surface area contributed by atoms with E-state index in [1.165, 1.54) is 5.56 Å². The summed E-state index contributed by atoms with van der Waals surface area (Å²) in [5, 5.41) is 4.08. The molecule has 2 aliphatic heterocycles. The summed E-state index contributed by atoms with van der Waals surface area (Å²) in [7, 11) is 2.17. The second-order valence-corrected chi connectivity index (χ2v) is 9.12. The highest BCUT2D eigenvalue weighted by Crippen LogP contribution is 2.33. The van der Waals surface area contributed by atoms with Crippen LogP contribution < -0.4 is 0 Å². The summed E-state index contributed by atoms with van der Waals surface area (Å²) in [6.45, 7) is 10.4. The van der Waals surface area contributed by atoms with Gasteiger partial charge in [0.25, 0.3) is 0 Å². The predicted molar refractivity (Wildman–Crippen MR) is 111 cm³/mol. The molecule has 3 aliphatic rings. The van der Waals surface area contributed by atoms with Crippen molar-refractivity contribution in [2.45, 2.75) is 64.6 Å². The lowest BCUT2D eigenvalue weighted by atomic mass is 10.0. The van der Waals surface area contributed by atoms with E-state index in [0.717, 1.165) is 89.5 Å². The van der Waals surface area contributed by atoms with E-state index in [2.05, 4.69) is 26.9 Å². The first kappa shape index (κ1) is 20.8. The van der Waals surface area contributed by atoms with E-state index in [-0.39, 0.29) is 0 Å². The SMILES string of the molecule is Cc1noc(C)c1CN(C)CCN(C1CCOCC1)C1CCN(C(=O)C2CC2)C1. The Labute approximate surface area is 174 Å². The fourth-order valence-corrected chi connectivity index (χ4v) is 4.84. The van der Waals surface area contributed by atoms with Gasteiger partial charge in [-0.1, -0.05) is 5.16 Å². The van der Waals surface area contributed by atoms with Crippen LogP contribution in [-0.4, -0.2) is 84.3 Å². The summed E-state index contributed by atoms with van der Waals surface area (Å²) in [6.07, 6.45) is 5.48. The van der Waals surface area contributed by atoms with Gasteiger partial charge >= 0.3 is 0 Å². The molecular formula is C22H36N4O3. The first-order valence-electron chi connectivity index (χ1n) is 11.3. The Bertz CT molecular complexity index is 677. The first-order chi connectivity index (χ1) is 14.0. The molecule has 0 bridgehead atoms. The van der Waals surface area contributed by atoms with Crippen LogP contribution in [0.5, 0.6) is 0 Å². The number of amides is 1. The van der Waals surface area contributed by atoms with Crippen LogP contribution in [0.25, 0.3) is 0 Å². The number of likely N-dealkylation sites (tertiary alicyclic amines) is 1. The zero-order chi connectivity index (χ0) is 20.4. The maximum Gasteiger partial charge on any atom is 0.225 e. The predicted octanol–water partition coefficient (Wildman–Crippen LogP) is 2.22. The van der Waals surface area contributed by atoms with Crippen LogP contribution in [0.15, 0.2) is 4.52 Å². The van der Waals surface area contributed by atoms with Gasteiger partial charge in [0, 0.05) is 69.5 Å². The molecule has 3 heterocycles. The van der Waals surface area contributed by atoms with Gasteiger partial charge in [-0.2, -0.15) is 0 Å². The second kappa shape index (κ2) is 9.14. The molecular weight excluding hydrogens is 368 g/mol. The number of likely N-dealkylation sites (N-methyl/N-ethyl adjacent to an activating group) is 1. The van der Waals surface area contributed by atoms with Crippen molar-refractivity contribution in [3.05, 3.63) is 17.0 Å². The lowest BCUT2D eigenvalue weighted by molar-refractivity contribution is -0.131. The molecule has 1 aromatic rings. The van der Waals surface area contributed by atoms with Crippen molar-refractivity contribution in [3.8, 4) is 0 Å². The fraction of sp³-hybridized carbons (Fsp3) is 0.818. The Morgan fingerprint density at radius 2 is 1.86 bits per heavy atom. The fourth-order valence-electron chi connectivity index (χ4n) is 4.84. The minimum Gasteiger partial charge on any atom is -0.381 e. The maximum atomic E-state index is 12.5. The molecule has 1 aliphatic carbocycles. The molecule has 0 spiro atoms. The molecule has 1 amide bonds. The normalized spacial score (nSPS) is 23.5. The Morgan fingerprint density at radius 3 is 2.52 bits per heavy atom. The van der Waals surface area contributed by atoms with Crippen LogP contribution in [0.1, 0.15) is 49.1 Å². The second-order valence-electron chi connectivity index (χ2n) is 9.12. The van der Waals surface area contributed by atoms with E-state index in [1.807, 2.05) is 13.8 Å². The summed E-state index contributed by atoms with van der Waals surface area (Å²) in [5.41, 5.74) is 2.19. The quantitative estimate of drug-likeness (QED) is 0.662. The summed E-state index contributed by atoms with van der Waals surface area (Å²) in [6, 6.07) is 1.05. The minimum atomic E-state index is 0.325. The highest BCUT2D eigenvalue weighted by molar-refractivity contribution is 5.81. The van der Waals surface area contributed by atoms with E-state index in [0.29, 0.717) is 23.9 Å².